The van der Waals surface area contributed by atoms with E-state index in [-0.39, 0.29) is 5.91 Å². The van der Waals surface area contributed by atoms with E-state index in [4.69, 9.17) is 11.6 Å². The number of carbonyl (C=O) groups excluding carboxylic acids is 1. The first kappa shape index (κ1) is 15.1. The lowest BCUT2D eigenvalue weighted by atomic mass is 10.1. The molecule has 0 saturated carbocycles. The minimum absolute atomic E-state index is 0.0537. The fraction of sp³-hybridized carbons (Fsp3) is 0.438. The average Bonchev–Trinajstić information content (AvgIpc) is 2.46. The number of benzene rings is 1. The minimum Gasteiger partial charge on any atom is -0.351 e. The van der Waals surface area contributed by atoms with Gasteiger partial charge in [-0.3, -0.25) is 4.79 Å². The Morgan fingerprint density at radius 3 is 2.85 bits per heavy atom. The molecule has 0 bridgehead atoms. The number of nitrogens with zero attached hydrogens (tertiary/aromatic N) is 1. The third-order valence-corrected chi connectivity index (χ3v) is 3.69. The van der Waals surface area contributed by atoms with Crippen molar-refractivity contribution in [2.75, 3.05) is 26.2 Å². The molecule has 0 unspecified atom stereocenters. The van der Waals surface area contributed by atoms with Crippen molar-refractivity contribution in [3.63, 3.8) is 0 Å². The van der Waals surface area contributed by atoms with Gasteiger partial charge in [-0.2, -0.15) is 0 Å². The molecule has 1 aliphatic rings. The van der Waals surface area contributed by atoms with E-state index < -0.39 is 0 Å². The second-order valence-corrected chi connectivity index (χ2v) is 5.52. The Kier molecular flexibility index (Phi) is 6.09. The van der Waals surface area contributed by atoms with Crippen LogP contribution in [-0.2, 0) is 4.79 Å². The second-order valence-electron chi connectivity index (χ2n) is 5.08. The molecule has 0 atom stereocenters. The molecule has 1 aliphatic heterocycles. The van der Waals surface area contributed by atoms with Gasteiger partial charge in [0.25, 0.3) is 0 Å². The van der Waals surface area contributed by atoms with Crippen molar-refractivity contribution in [2.45, 2.75) is 19.3 Å². The molecular weight excluding hydrogens is 272 g/mol. The standard InChI is InChI=1S/C16H21ClN2O/c17-15-6-4-5-14(13-15)7-8-16(20)18-9-12-19-10-2-1-3-11-19/h4-8,13H,1-3,9-12H2,(H,18,20). The van der Waals surface area contributed by atoms with Crippen LogP contribution >= 0.6 is 11.6 Å². The lowest BCUT2D eigenvalue weighted by molar-refractivity contribution is -0.116. The number of hydrogen-bond acceptors (Lipinski definition) is 2. The van der Waals surface area contributed by atoms with E-state index in [0.717, 1.165) is 25.2 Å². The summed E-state index contributed by atoms with van der Waals surface area (Å²) in [5, 5.41) is 3.59. The highest BCUT2D eigenvalue weighted by molar-refractivity contribution is 6.30. The van der Waals surface area contributed by atoms with Crippen molar-refractivity contribution in [1.29, 1.82) is 0 Å². The van der Waals surface area contributed by atoms with E-state index in [2.05, 4.69) is 10.2 Å². The summed E-state index contributed by atoms with van der Waals surface area (Å²) in [6, 6.07) is 7.44. The Balaban J connectivity index is 1.69. The lowest BCUT2D eigenvalue weighted by Crippen LogP contribution is -2.37. The number of piperidine rings is 1. The largest absolute Gasteiger partial charge is 0.351 e. The van der Waals surface area contributed by atoms with Crippen molar-refractivity contribution in [3.8, 4) is 0 Å². The molecule has 1 heterocycles. The van der Waals surface area contributed by atoms with Gasteiger partial charge in [0.15, 0.2) is 0 Å². The van der Waals surface area contributed by atoms with Crippen molar-refractivity contribution in [3.05, 3.63) is 40.9 Å². The zero-order chi connectivity index (χ0) is 14.2. The van der Waals surface area contributed by atoms with Crippen LogP contribution in [0.1, 0.15) is 24.8 Å². The summed E-state index contributed by atoms with van der Waals surface area (Å²) in [6.45, 7) is 3.97. The Morgan fingerprint density at radius 2 is 2.10 bits per heavy atom. The van der Waals surface area contributed by atoms with E-state index in [1.807, 2.05) is 24.3 Å². The molecular formula is C16H21ClN2O. The summed E-state index contributed by atoms with van der Waals surface area (Å²) in [7, 11) is 0. The molecule has 4 heteroatoms. The number of hydrogen-bond donors (Lipinski definition) is 1. The maximum atomic E-state index is 11.7. The van der Waals surface area contributed by atoms with E-state index in [0.29, 0.717) is 11.6 Å². The number of halogens is 1. The Morgan fingerprint density at radius 1 is 1.30 bits per heavy atom. The van der Waals surface area contributed by atoms with Crippen LogP contribution in [-0.4, -0.2) is 37.0 Å². The SMILES string of the molecule is O=C(C=Cc1cccc(Cl)c1)NCCN1CCCCC1. The molecule has 108 valence electrons. The number of nitrogens with one attached hydrogen (secondary N) is 1. The molecule has 0 aromatic heterocycles. The predicted octanol–water partition coefficient (Wildman–Crippen LogP) is 2.96. The Bertz CT molecular complexity index is 467. The smallest absolute Gasteiger partial charge is 0.244 e. The summed E-state index contributed by atoms with van der Waals surface area (Å²) in [5.41, 5.74) is 0.934. The average molecular weight is 293 g/mol. The zero-order valence-electron chi connectivity index (χ0n) is 11.6. The lowest BCUT2D eigenvalue weighted by Gasteiger charge is -2.26. The van der Waals surface area contributed by atoms with E-state index in [9.17, 15) is 4.79 Å². The maximum absolute atomic E-state index is 11.7. The highest BCUT2D eigenvalue weighted by atomic mass is 35.5. The summed E-state index contributed by atoms with van der Waals surface area (Å²) in [6.07, 6.45) is 7.24. The van der Waals surface area contributed by atoms with E-state index in [1.165, 1.54) is 19.3 Å². The van der Waals surface area contributed by atoms with Gasteiger partial charge in [-0.25, -0.2) is 0 Å². The first-order valence-corrected chi connectivity index (χ1v) is 7.56. The Hall–Kier alpha value is -1.32. The van der Waals surface area contributed by atoms with E-state index in [1.54, 1.807) is 12.2 Å². The molecule has 1 N–H and O–H groups in total. The van der Waals surface area contributed by atoms with E-state index >= 15 is 0 Å². The zero-order valence-corrected chi connectivity index (χ0v) is 12.4. The van der Waals surface area contributed by atoms with Crippen molar-refractivity contribution in [2.24, 2.45) is 0 Å². The fourth-order valence-electron chi connectivity index (χ4n) is 2.36. The summed E-state index contributed by atoms with van der Waals surface area (Å²) in [4.78, 5) is 14.1. The topological polar surface area (TPSA) is 32.3 Å². The van der Waals surface area contributed by atoms with Gasteiger partial charge in [0.2, 0.25) is 5.91 Å². The highest BCUT2D eigenvalue weighted by Crippen LogP contribution is 2.11. The molecule has 1 amide bonds. The van der Waals surface area contributed by atoms with Crippen LogP contribution in [0.3, 0.4) is 0 Å². The minimum atomic E-state index is -0.0537. The van der Waals surface area contributed by atoms with Crippen molar-refractivity contribution in [1.82, 2.24) is 10.2 Å². The maximum Gasteiger partial charge on any atom is 0.244 e. The summed E-state index contributed by atoms with van der Waals surface area (Å²) in [5.74, 6) is -0.0537. The number of likely N-dealkylation sites (tertiary alicyclic amines) is 1. The van der Waals surface area contributed by atoms with Gasteiger partial charge < -0.3 is 10.2 Å². The molecule has 0 radical (unpaired) electrons. The molecule has 0 spiro atoms. The van der Waals surface area contributed by atoms with Gasteiger partial charge in [0.1, 0.15) is 0 Å². The predicted molar refractivity (Wildman–Crippen MR) is 83.8 cm³/mol. The molecule has 1 aromatic rings. The fourth-order valence-corrected chi connectivity index (χ4v) is 2.56. The highest BCUT2D eigenvalue weighted by Gasteiger charge is 2.09. The summed E-state index contributed by atoms with van der Waals surface area (Å²) >= 11 is 5.89. The number of amides is 1. The third-order valence-electron chi connectivity index (χ3n) is 3.45. The first-order valence-electron chi connectivity index (χ1n) is 7.18. The normalized spacial score (nSPS) is 16.4. The molecule has 1 saturated heterocycles. The van der Waals surface area contributed by atoms with Gasteiger partial charge in [-0.15, -0.1) is 0 Å². The van der Waals surface area contributed by atoms with Crippen LogP contribution in [0, 0.1) is 0 Å². The molecule has 1 fully saturated rings. The van der Waals surface area contributed by atoms with Crippen LogP contribution in [0.25, 0.3) is 6.08 Å². The number of rotatable bonds is 5. The third kappa shape index (κ3) is 5.35. The van der Waals surface area contributed by atoms with Crippen LogP contribution < -0.4 is 5.32 Å². The van der Waals surface area contributed by atoms with Gasteiger partial charge >= 0.3 is 0 Å². The molecule has 2 rings (SSSR count). The van der Waals surface area contributed by atoms with Gasteiger partial charge in [-0.05, 0) is 49.7 Å². The quantitative estimate of drug-likeness (QED) is 0.846. The number of carbonyl (C=O) groups is 1. The van der Waals surface area contributed by atoms with Gasteiger partial charge in [0.05, 0.1) is 0 Å². The van der Waals surface area contributed by atoms with Crippen molar-refractivity contribution < 1.29 is 4.79 Å². The molecule has 20 heavy (non-hydrogen) atoms. The molecule has 0 aliphatic carbocycles. The van der Waals surface area contributed by atoms with Crippen LogP contribution in [0.4, 0.5) is 0 Å². The van der Waals surface area contributed by atoms with Gasteiger partial charge in [0, 0.05) is 24.2 Å². The van der Waals surface area contributed by atoms with Crippen molar-refractivity contribution >= 4 is 23.6 Å². The molecule has 1 aromatic carbocycles. The van der Waals surface area contributed by atoms with Crippen LogP contribution in [0.15, 0.2) is 30.3 Å². The second kappa shape index (κ2) is 8.08. The Labute approximate surface area is 125 Å². The monoisotopic (exact) mass is 292 g/mol. The first-order chi connectivity index (χ1) is 9.74. The summed E-state index contributed by atoms with van der Waals surface area (Å²) < 4.78 is 0. The van der Waals surface area contributed by atoms with Gasteiger partial charge in [-0.1, -0.05) is 30.2 Å². The van der Waals surface area contributed by atoms with Crippen LogP contribution in [0.5, 0.6) is 0 Å². The van der Waals surface area contributed by atoms with Crippen LogP contribution in [0.2, 0.25) is 5.02 Å². The molecule has 3 nitrogen and oxygen atoms in total.